The molecule has 236 valence electrons. The first kappa shape index (κ1) is 34.6. The Hall–Kier alpha value is -1.84. The van der Waals surface area contributed by atoms with E-state index in [1.165, 1.54) is 59.9 Å². The van der Waals surface area contributed by atoms with Crippen LogP contribution < -0.4 is 10.6 Å². The third-order valence-electron chi connectivity index (χ3n) is 7.89. The Bertz CT molecular complexity index is 984. The Balaban J connectivity index is 1.55. The molecule has 1 atom stereocenters. The summed E-state index contributed by atoms with van der Waals surface area (Å²) >= 11 is 3.41. The number of hydrogen-bond donors (Lipinski definition) is 2. The van der Waals surface area contributed by atoms with Gasteiger partial charge in [-0.3, -0.25) is 14.6 Å². The molecule has 3 rings (SSSR count). The fourth-order valence-electron chi connectivity index (χ4n) is 5.54. The smallest absolute Gasteiger partial charge is 0.411 e. The number of nitrogens with one attached hydrogen (secondary N) is 2. The fourth-order valence-corrected chi connectivity index (χ4v) is 7.38. The number of benzene rings is 1. The molecule has 1 unspecified atom stereocenters. The number of carbonyl (C=O) groups excluding carboxylic acids is 2. The standard InChI is InChI=1S/C33H54N4O3S2/c1-25-12-14-27(15-13-25)20-36-18-16-29(17-19-36)34-26(2)30(23-42-22-28-10-8-7-9-11-28)35-31(38)21-37(24-41-6)32(39)40-33(3,4)5/h12-15,28-30,34H,2,7-11,16-24H2,1,3-6H3,(H,35,38). The molecule has 2 aliphatic rings. The quantitative estimate of drug-likeness (QED) is 0.233. The molecule has 7 nitrogen and oxygen atoms in total. The van der Waals surface area contributed by atoms with Gasteiger partial charge >= 0.3 is 6.09 Å². The Morgan fingerprint density at radius 1 is 1.10 bits per heavy atom. The summed E-state index contributed by atoms with van der Waals surface area (Å²) in [4.78, 5) is 30.0. The Morgan fingerprint density at radius 3 is 2.38 bits per heavy atom. The maximum atomic E-state index is 13.3. The van der Waals surface area contributed by atoms with Crippen LogP contribution in [-0.2, 0) is 16.1 Å². The maximum Gasteiger partial charge on any atom is 0.411 e. The molecule has 2 amide bonds. The number of nitrogens with zero attached hydrogens (tertiary/aromatic N) is 2. The predicted molar refractivity (Wildman–Crippen MR) is 179 cm³/mol. The van der Waals surface area contributed by atoms with Crippen LogP contribution >= 0.6 is 23.5 Å². The van der Waals surface area contributed by atoms with Crippen molar-refractivity contribution in [2.45, 2.75) is 96.9 Å². The lowest BCUT2D eigenvalue weighted by Gasteiger charge is -2.35. The molecule has 2 N–H and O–H groups in total. The normalized spacial score (nSPS) is 17.8. The van der Waals surface area contributed by atoms with E-state index in [0.717, 1.165) is 55.6 Å². The van der Waals surface area contributed by atoms with Crippen LogP contribution in [-0.4, -0.2) is 82.8 Å². The molecule has 42 heavy (non-hydrogen) atoms. The monoisotopic (exact) mass is 618 g/mol. The first-order valence-electron chi connectivity index (χ1n) is 15.6. The van der Waals surface area contributed by atoms with Gasteiger partial charge < -0.3 is 15.4 Å². The van der Waals surface area contributed by atoms with E-state index in [9.17, 15) is 9.59 Å². The summed E-state index contributed by atoms with van der Waals surface area (Å²) in [7, 11) is 0. The van der Waals surface area contributed by atoms with E-state index in [4.69, 9.17) is 4.74 Å². The van der Waals surface area contributed by atoms with Crippen LogP contribution in [0.15, 0.2) is 36.5 Å². The summed E-state index contributed by atoms with van der Waals surface area (Å²) < 4.78 is 5.55. The average Bonchev–Trinajstić information content (AvgIpc) is 2.94. The van der Waals surface area contributed by atoms with Crippen LogP contribution in [0.1, 0.15) is 76.8 Å². The first-order valence-corrected chi connectivity index (χ1v) is 18.1. The Kier molecular flexibility index (Phi) is 14.4. The number of ether oxygens (including phenoxy) is 1. The predicted octanol–water partition coefficient (Wildman–Crippen LogP) is 6.42. The van der Waals surface area contributed by atoms with Crippen LogP contribution in [0, 0.1) is 12.8 Å². The summed E-state index contributed by atoms with van der Waals surface area (Å²) in [5.41, 5.74) is 2.90. The second-order valence-corrected chi connectivity index (χ2v) is 14.9. The molecule has 1 aromatic carbocycles. The lowest BCUT2D eigenvalue weighted by atomic mass is 9.91. The molecule has 0 spiro atoms. The van der Waals surface area contributed by atoms with Gasteiger partial charge in [0.15, 0.2) is 0 Å². The van der Waals surface area contributed by atoms with Crippen LogP contribution in [0.2, 0.25) is 0 Å². The molecule has 1 saturated heterocycles. The van der Waals surface area contributed by atoms with Crippen molar-refractivity contribution in [3.05, 3.63) is 47.7 Å². The van der Waals surface area contributed by atoms with E-state index >= 15 is 0 Å². The average molecular weight is 619 g/mol. The zero-order chi connectivity index (χ0) is 30.5. The van der Waals surface area contributed by atoms with Crippen LogP contribution in [0.3, 0.4) is 0 Å². The molecule has 0 aromatic heterocycles. The van der Waals surface area contributed by atoms with Gasteiger partial charge in [0.25, 0.3) is 0 Å². The van der Waals surface area contributed by atoms with Crippen molar-refractivity contribution < 1.29 is 14.3 Å². The molecule has 1 aliphatic heterocycles. The van der Waals surface area contributed by atoms with Gasteiger partial charge in [-0.1, -0.05) is 55.7 Å². The summed E-state index contributed by atoms with van der Waals surface area (Å²) in [6.07, 6.45) is 10.2. The van der Waals surface area contributed by atoms with Crippen molar-refractivity contribution >= 4 is 35.5 Å². The van der Waals surface area contributed by atoms with Gasteiger partial charge in [0.05, 0.1) is 11.9 Å². The number of hydrogen-bond acceptors (Lipinski definition) is 7. The minimum absolute atomic E-state index is 0.0375. The SMILES string of the molecule is C=C(NC1CCN(Cc2ccc(C)cc2)CC1)C(CSCC1CCCCC1)NC(=O)CN(CSC)C(=O)OC(C)(C)C. The molecule has 9 heteroatoms. The molecule has 1 aromatic rings. The molecule has 2 fully saturated rings. The second kappa shape index (κ2) is 17.5. The lowest BCUT2D eigenvalue weighted by molar-refractivity contribution is -0.122. The van der Waals surface area contributed by atoms with E-state index in [1.54, 1.807) is 0 Å². The highest BCUT2D eigenvalue weighted by Crippen LogP contribution is 2.27. The van der Waals surface area contributed by atoms with Gasteiger partial charge in [-0.2, -0.15) is 11.8 Å². The van der Waals surface area contributed by atoms with E-state index in [-0.39, 0.29) is 18.5 Å². The van der Waals surface area contributed by atoms with Crippen LogP contribution in [0.25, 0.3) is 0 Å². The summed E-state index contributed by atoms with van der Waals surface area (Å²) in [5.74, 6) is 2.87. The van der Waals surface area contributed by atoms with E-state index < -0.39 is 11.7 Å². The van der Waals surface area contributed by atoms with Gasteiger partial charge in [-0.05, 0) is 76.9 Å². The first-order chi connectivity index (χ1) is 20.0. The van der Waals surface area contributed by atoms with Gasteiger partial charge in [-0.15, -0.1) is 11.8 Å². The molecule has 1 heterocycles. The van der Waals surface area contributed by atoms with Crippen LogP contribution in [0.5, 0.6) is 0 Å². The summed E-state index contributed by atoms with van der Waals surface area (Å²) in [6, 6.07) is 8.95. The fraction of sp³-hybridized carbons (Fsp3) is 0.697. The van der Waals surface area contributed by atoms with Crippen molar-refractivity contribution in [2.24, 2.45) is 5.92 Å². The largest absolute Gasteiger partial charge is 0.444 e. The number of amides is 2. The number of likely N-dealkylation sites (tertiary alicyclic amines) is 1. The van der Waals surface area contributed by atoms with Crippen molar-refractivity contribution in [1.82, 2.24) is 20.4 Å². The Morgan fingerprint density at radius 2 is 1.76 bits per heavy atom. The molecular formula is C33H54N4O3S2. The van der Waals surface area contributed by atoms with E-state index in [2.05, 4.69) is 53.3 Å². The van der Waals surface area contributed by atoms with Gasteiger partial charge in [-0.25, -0.2) is 4.79 Å². The van der Waals surface area contributed by atoms with Crippen molar-refractivity contribution in [3.8, 4) is 0 Å². The molecule has 1 aliphatic carbocycles. The highest BCUT2D eigenvalue weighted by atomic mass is 32.2. The number of rotatable bonds is 14. The van der Waals surface area contributed by atoms with E-state index in [0.29, 0.717) is 11.9 Å². The second-order valence-electron chi connectivity index (χ2n) is 13.0. The van der Waals surface area contributed by atoms with Crippen molar-refractivity contribution in [1.29, 1.82) is 0 Å². The lowest BCUT2D eigenvalue weighted by Crippen LogP contribution is -2.50. The molecule has 0 bridgehead atoms. The Labute approximate surface area is 263 Å². The number of carbonyl (C=O) groups is 2. The minimum Gasteiger partial charge on any atom is -0.444 e. The van der Waals surface area contributed by atoms with Crippen LogP contribution in [0.4, 0.5) is 4.79 Å². The third-order valence-corrected chi connectivity index (χ3v) is 9.74. The van der Waals surface area contributed by atoms with Crippen molar-refractivity contribution in [2.75, 3.05) is 43.3 Å². The third kappa shape index (κ3) is 12.8. The van der Waals surface area contributed by atoms with Gasteiger partial charge in [0.2, 0.25) is 5.91 Å². The summed E-state index contributed by atoms with van der Waals surface area (Å²) in [6.45, 7) is 15.0. The van der Waals surface area contributed by atoms with Gasteiger partial charge in [0, 0.05) is 37.1 Å². The van der Waals surface area contributed by atoms with E-state index in [1.807, 2.05) is 38.8 Å². The molecular weight excluding hydrogens is 565 g/mol. The number of piperidine rings is 1. The highest BCUT2D eigenvalue weighted by Gasteiger charge is 2.27. The van der Waals surface area contributed by atoms with Crippen molar-refractivity contribution in [3.63, 3.8) is 0 Å². The highest BCUT2D eigenvalue weighted by molar-refractivity contribution is 7.99. The summed E-state index contributed by atoms with van der Waals surface area (Å²) in [5, 5.41) is 6.88. The molecule has 0 radical (unpaired) electrons. The molecule has 1 saturated carbocycles. The minimum atomic E-state index is -0.615. The number of aryl methyl sites for hydroxylation is 1. The zero-order valence-electron chi connectivity index (χ0n) is 26.6. The zero-order valence-corrected chi connectivity index (χ0v) is 28.2. The number of thioether (sulfide) groups is 2. The van der Waals surface area contributed by atoms with Gasteiger partial charge in [0.1, 0.15) is 12.1 Å². The topological polar surface area (TPSA) is 73.9 Å². The maximum absolute atomic E-state index is 13.3.